The van der Waals surface area contributed by atoms with Crippen LogP contribution >= 0.6 is 0 Å². The van der Waals surface area contributed by atoms with Crippen LogP contribution in [0.4, 0.5) is 4.79 Å². The lowest BCUT2D eigenvalue weighted by Gasteiger charge is -2.35. The summed E-state index contributed by atoms with van der Waals surface area (Å²) in [6.07, 6.45) is 4.94. The number of likely N-dealkylation sites (tertiary alicyclic amines) is 1. The predicted octanol–water partition coefficient (Wildman–Crippen LogP) is 2.47. The Morgan fingerprint density at radius 2 is 1.59 bits per heavy atom. The fourth-order valence-electron chi connectivity index (χ4n) is 6.66. The van der Waals surface area contributed by atoms with Gasteiger partial charge < -0.3 is 35.8 Å². The first-order chi connectivity index (χ1) is 24.2. The third kappa shape index (κ3) is 11.8. The normalized spacial score (nSPS) is 19.3. The van der Waals surface area contributed by atoms with E-state index >= 15 is 0 Å². The van der Waals surface area contributed by atoms with Gasteiger partial charge in [0.05, 0.1) is 19.2 Å². The number of likely N-dealkylation sites (N-methyl/N-ethyl adjacent to an activating group) is 1. The van der Waals surface area contributed by atoms with Crippen LogP contribution in [0.25, 0.3) is 0 Å². The number of carbonyl (C=O) groups is 7. The van der Waals surface area contributed by atoms with Crippen molar-refractivity contribution in [1.82, 2.24) is 31.1 Å². The van der Waals surface area contributed by atoms with Crippen LogP contribution in [0.15, 0.2) is 30.3 Å². The first kappa shape index (κ1) is 40.9. The van der Waals surface area contributed by atoms with Gasteiger partial charge in [-0.2, -0.15) is 0 Å². The number of hydrogen-bond donors (Lipinski definition) is 4. The van der Waals surface area contributed by atoms with Crippen LogP contribution in [0, 0.1) is 17.8 Å². The molecule has 4 N–H and O–H groups in total. The predicted molar refractivity (Wildman–Crippen MR) is 190 cm³/mol. The van der Waals surface area contributed by atoms with E-state index in [2.05, 4.69) is 21.3 Å². The van der Waals surface area contributed by atoms with Crippen molar-refractivity contribution in [3.63, 3.8) is 0 Å². The molecule has 282 valence electrons. The maximum absolute atomic E-state index is 14.1. The van der Waals surface area contributed by atoms with Gasteiger partial charge in [-0.05, 0) is 49.0 Å². The van der Waals surface area contributed by atoms with Crippen LogP contribution < -0.4 is 21.3 Å². The highest BCUT2D eigenvalue weighted by Gasteiger charge is 2.45. The molecule has 1 aromatic carbocycles. The van der Waals surface area contributed by atoms with Gasteiger partial charge in [0, 0.05) is 20.6 Å². The van der Waals surface area contributed by atoms with Gasteiger partial charge in [-0.25, -0.2) is 4.79 Å². The van der Waals surface area contributed by atoms with E-state index in [9.17, 15) is 33.6 Å². The molecule has 0 aromatic heterocycles. The lowest BCUT2D eigenvalue weighted by molar-refractivity contribution is -0.144. The van der Waals surface area contributed by atoms with Crippen molar-refractivity contribution in [3.8, 4) is 0 Å². The first-order valence-electron chi connectivity index (χ1n) is 18.2. The molecule has 2 fully saturated rings. The van der Waals surface area contributed by atoms with E-state index in [1.807, 2.05) is 20.8 Å². The van der Waals surface area contributed by atoms with Crippen molar-refractivity contribution in [2.75, 3.05) is 33.8 Å². The van der Waals surface area contributed by atoms with E-state index in [0.717, 1.165) is 32.1 Å². The second-order valence-electron chi connectivity index (χ2n) is 14.3. The molecule has 6 amide bonds. The van der Waals surface area contributed by atoms with Crippen molar-refractivity contribution in [2.24, 2.45) is 17.8 Å². The zero-order chi connectivity index (χ0) is 37.7. The molecule has 3 rings (SSSR count). The van der Waals surface area contributed by atoms with E-state index in [0.29, 0.717) is 24.9 Å². The minimum absolute atomic E-state index is 0.100. The van der Waals surface area contributed by atoms with Gasteiger partial charge in [0.1, 0.15) is 18.1 Å². The Labute approximate surface area is 301 Å². The number of ketones is 1. The number of carbonyl (C=O) groups excluding carboxylic acids is 7. The third-order valence-electron chi connectivity index (χ3n) is 9.43. The SMILES string of the molecule is CCCC(NC(=O)[C@@H]1C(C)CCN1C(=O)[C@@H](NC(=O)OCC(C)C)C1CCCCC1)C(=O)C(=O)NCC(=O)NC(C(=O)N(C)C)c1ccccc1. The Bertz CT molecular complexity index is 1380. The molecule has 1 saturated heterocycles. The average Bonchev–Trinajstić information content (AvgIpc) is 3.51. The molecule has 1 aliphatic heterocycles. The first-order valence-corrected chi connectivity index (χ1v) is 18.2. The maximum atomic E-state index is 14.1. The van der Waals surface area contributed by atoms with Gasteiger partial charge >= 0.3 is 6.09 Å². The van der Waals surface area contributed by atoms with Crippen LogP contribution in [0.2, 0.25) is 0 Å². The molecule has 14 heteroatoms. The zero-order valence-electron chi connectivity index (χ0n) is 30.9. The summed E-state index contributed by atoms with van der Waals surface area (Å²) in [6.45, 7) is 7.42. The molecule has 1 aromatic rings. The van der Waals surface area contributed by atoms with E-state index in [1.165, 1.54) is 9.80 Å². The van der Waals surface area contributed by atoms with Crippen LogP contribution in [-0.4, -0.2) is 103 Å². The fourth-order valence-corrected chi connectivity index (χ4v) is 6.66. The molecule has 14 nitrogen and oxygen atoms in total. The summed E-state index contributed by atoms with van der Waals surface area (Å²) in [5.74, 6) is -4.20. The summed E-state index contributed by atoms with van der Waals surface area (Å²) < 4.78 is 5.34. The van der Waals surface area contributed by atoms with Gasteiger partial charge in [-0.3, -0.25) is 28.8 Å². The van der Waals surface area contributed by atoms with Crippen LogP contribution in [0.1, 0.15) is 90.7 Å². The summed E-state index contributed by atoms with van der Waals surface area (Å²) >= 11 is 0. The van der Waals surface area contributed by atoms with Crippen molar-refractivity contribution < 1.29 is 38.3 Å². The second-order valence-corrected chi connectivity index (χ2v) is 14.3. The van der Waals surface area contributed by atoms with Crippen molar-refractivity contribution >= 4 is 41.4 Å². The van der Waals surface area contributed by atoms with E-state index in [1.54, 1.807) is 51.4 Å². The summed E-state index contributed by atoms with van der Waals surface area (Å²) in [5.41, 5.74) is 0.554. The molecule has 1 heterocycles. The fraction of sp³-hybridized carbons (Fsp3) is 0.649. The summed E-state index contributed by atoms with van der Waals surface area (Å²) in [4.78, 5) is 95.4. The van der Waals surface area contributed by atoms with Gasteiger partial charge in [-0.1, -0.05) is 83.7 Å². The molecule has 2 aliphatic rings. The number of rotatable bonds is 16. The van der Waals surface area contributed by atoms with E-state index in [-0.39, 0.29) is 42.6 Å². The Balaban J connectivity index is 1.68. The number of benzene rings is 1. The number of ether oxygens (including phenoxy) is 1. The van der Waals surface area contributed by atoms with Gasteiger partial charge in [-0.15, -0.1) is 0 Å². The standard InChI is InChI=1S/C37H56N6O8/c1-7-14-27(32(45)34(47)38-21-28(44)40-29(35(48)42(5)6)25-15-10-8-11-16-25)39-33(46)31-24(4)19-20-43(31)36(49)30(26-17-12-9-13-18-26)41-37(50)51-22-23(2)3/h8,10-11,15-16,23-24,26-27,29-31H,7,9,12-14,17-22H2,1-6H3,(H,38,47)(H,39,46)(H,40,44)(H,41,50)/t24?,27?,29?,30-,31-/m0/s1. The smallest absolute Gasteiger partial charge is 0.407 e. The molecule has 0 bridgehead atoms. The number of alkyl carbamates (subject to hydrolysis) is 1. The lowest BCUT2D eigenvalue weighted by atomic mass is 9.83. The van der Waals surface area contributed by atoms with Crippen LogP contribution in [0.3, 0.4) is 0 Å². The number of amides is 6. The molecule has 0 radical (unpaired) electrons. The molecular weight excluding hydrogens is 656 g/mol. The van der Waals surface area contributed by atoms with E-state index < -0.39 is 60.3 Å². The van der Waals surface area contributed by atoms with Crippen molar-refractivity contribution in [2.45, 2.75) is 103 Å². The molecule has 1 aliphatic carbocycles. The van der Waals surface area contributed by atoms with Crippen LogP contribution in [0.5, 0.6) is 0 Å². The zero-order valence-corrected chi connectivity index (χ0v) is 30.9. The largest absolute Gasteiger partial charge is 0.449 e. The Morgan fingerprint density at radius 3 is 2.20 bits per heavy atom. The Kier molecular flexibility index (Phi) is 15.9. The third-order valence-corrected chi connectivity index (χ3v) is 9.43. The molecule has 3 unspecified atom stereocenters. The topological polar surface area (TPSA) is 183 Å². The van der Waals surface area contributed by atoms with Gasteiger partial charge in [0.2, 0.25) is 29.4 Å². The highest BCUT2D eigenvalue weighted by atomic mass is 16.5. The molecular formula is C37H56N6O8. The summed E-state index contributed by atoms with van der Waals surface area (Å²) in [6, 6.07) is 4.68. The maximum Gasteiger partial charge on any atom is 0.407 e. The number of hydrogen-bond acceptors (Lipinski definition) is 8. The van der Waals surface area contributed by atoms with Gasteiger partial charge in [0.25, 0.3) is 5.91 Å². The minimum atomic E-state index is -1.19. The Morgan fingerprint density at radius 1 is 0.922 bits per heavy atom. The highest BCUT2D eigenvalue weighted by Crippen LogP contribution is 2.31. The van der Waals surface area contributed by atoms with Crippen molar-refractivity contribution in [1.29, 1.82) is 0 Å². The average molecular weight is 713 g/mol. The Hall–Kier alpha value is -4.49. The monoisotopic (exact) mass is 712 g/mol. The molecule has 1 saturated carbocycles. The molecule has 5 atom stereocenters. The lowest BCUT2D eigenvalue weighted by Crippen LogP contribution is -2.59. The quantitative estimate of drug-likeness (QED) is 0.189. The van der Waals surface area contributed by atoms with Crippen molar-refractivity contribution in [3.05, 3.63) is 35.9 Å². The summed E-state index contributed by atoms with van der Waals surface area (Å²) in [5, 5.41) is 10.4. The number of Topliss-reactive ketones (excluding diaryl/α,β-unsaturated/α-hetero) is 1. The summed E-state index contributed by atoms with van der Waals surface area (Å²) in [7, 11) is 3.12. The number of nitrogens with zero attached hydrogens (tertiary/aromatic N) is 2. The number of nitrogens with one attached hydrogen (secondary N) is 4. The van der Waals surface area contributed by atoms with Crippen LogP contribution in [-0.2, 0) is 33.5 Å². The molecule has 51 heavy (non-hydrogen) atoms. The minimum Gasteiger partial charge on any atom is -0.449 e. The van der Waals surface area contributed by atoms with Gasteiger partial charge in [0.15, 0.2) is 0 Å². The second kappa shape index (κ2) is 19.8. The highest BCUT2D eigenvalue weighted by molar-refractivity contribution is 6.38. The molecule has 0 spiro atoms. The van der Waals surface area contributed by atoms with E-state index in [4.69, 9.17) is 4.74 Å².